The highest BCUT2D eigenvalue weighted by molar-refractivity contribution is 6.18. The Balaban J connectivity index is 1.54. The van der Waals surface area contributed by atoms with Gasteiger partial charge in [-0.25, -0.2) is 9.69 Å². The third-order valence-corrected chi connectivity index (χ3v) is 6.57. The number of urea groups is 1. The molecule has 2 aromatic carbocycles. The van der Waals surface area contributed by atoms with Gasteiger partial charge in [0.15, 0.2) is 6.10 Å². The van der Waals surface area contributed by atoms with Crippen molar-refractivity contribution in [3.63, 3.8) is 0 Å². The number of para-hydroxylation sites is 1. The first kappa shape index (κ1) is 19.7. The fraction of sp³-hybridized carbons (Fsp3) is 0.391. The first-order valence-electron chi connectivity index (χ1n) is 10.6. The number of fused-ring (bicyclic) bond motifs is 3. The van der Waals surface area contributed by atoms with Gasteiger partial charge in [0.05, 0.1) is 22.8 Å². The monoisotopic (exact) mass is 421 g/mol. The van der Waals surface area contributed by atoms with Crippen LogP contribution in [0, 0.1) is 16.0 Å². The molecule has 1 saturated carbocycles. The summed E-state index contributed by atoms with van der Waals surface area (Å²) in [5, 5.41) is 11.2. The maximum absolute atomic E-state index is 13.6. The number of ether oxygens (including phenoxy) is 1. The van der Waals surface area contributed by atoms with Crippen LogP contribution in [0.25, 0.3) is 0 Å². The molecular formula is C23H23N3O5. The van der Waals surface area contributed by atoms with Crippen LogP contribution in [0.4, 0.5) is 16.2 Å². The number of non-ortho nitro benzene ring substituents is 1. The van der Waals surface area contributed by atoms with Gasteiger partial charge in [-0.1, -0.05) is 43.2 Å². The maximum atomic E-state index is 13.6. The lowest BCUT2D eigenvalue weighted by Crippen LogP contribution is -2.64. The molecule has 3 aliphatic rings. The Labute approximate surface area is 179 Å². The van der Waals surface area contributed by atoms with Crippen LogP contribution in [0.1, 0.15) is 31.2 Å². The van der Waals surface area contributed by atoms with Gasteiger partial charge < -0.3 is 9.64 Å². The standard InChI is InChI=1S/C23H23N3O5/c27-22-21-20(18-11-4-5-12-19(18)31-21)24(14-15-7-6-10-17(13-15)26(29)30)23(28)25(22)16-8-2-1-3-9-16/h1-3,6-10,13,18-21H,4-5,11-12,14H2. The molecule has 0 bridgehead atoms. The average molecular weight is 421 g/mol. The van der Waals surface area contributed by atoms with E-state index in [1.165, 1.54) is 17.0 Å². The quantitative estimate of drug-likeness (QED) is 0.552. The van der Waals surface area contributed by atoms with Gasteiger partial charge in [-0.05, 0) is 30.5 Å². The molecule has 0 spiro atoms. The SMILES string of the molecule is O=C1C2OC3CCCCC3C2N(Cc2cccc([N+](=O)[O-])c2)C(=O)N1c1ccccc1. The van der Waals surface area contributed by atoms with Crippen LogP contribution in [-0.2, 0) is 16.1 Å². The summed E-state index contributed by atoms with van der Waals surface area (Å²) in [6, 6.07) is 14.4. The molecular weight excluding hydrogens is 398 g/mol. The Morgan fingerprint density at radius 3 is 2.58 bits per heavy atom. The Hall–Kier alpha value is -3.26. The number of rotatable bonds is 4. The number of nitrogens with zero attached hydrogens (tertiary/aromatic N) is 3. The van der Waals surface area contributed by atoms with Crippen molar-refractivity contribution in [3.05, 3.63) is 70.3 Å². The topological polar surface area (TPSA) is 93.0 Å². The second-order valence-electron chi connectivity index (χ2n) is 8.38. The summed E-state index contributed by atoms with van der Waals surface area (Å²) in [4.78, 5) is 40.6. The molecule has 0 aromatic heterocycles. The smallest absolute Gasteiger partial charge is 0.332 e. The Bertz CT molecular complexity index is 1030. The van der Waals surface area contributed by atoms with E-state index in [0.717, 1.165) is 25.7 Å². The molecule has 8 nitrogen and oxygen atoms in total. The van der Waals surface area contributed by atoms with Crippen molar-refractivity contribution >= 4 is 23.3 Å². The van der Waals surface area contributed by atoms with E-state index in [9.17, 15) is 19.7 Å². The lowest BCUT2D eigenvalue weighted by molar-refractivity contribution is -0.384. The predicted molar refractivity (Wildman–Crippen MR) is 112 cm³/mol. The summed E-state index contributed by atoms with van der Waals surface area (Å²) < 4.78 is 6.22. The first-order valence-corrected chi connectivity index (χ1v) is 10.6. The number of carbonyl (C=O) groups is 2. The summed E-state index contributed by atoms with van der Waals surface area (Å²) in [6.07, 6.45) is 3.13. The molecule has 2 aromatic rings. The minimum atomic E-state index is -0.718. The molecule has 2 heterocycles. The van der Waals surface area contributed by atoms with Crippen molar-refractivity contribution in [3.8, 4) is 0 Å². The fourth-order valence-electron chi connectivity index (χ4n) is 5.21. The molecule has 0 radical (unpaired) electrons. The van der Waals surface area contributed by atoms with Gasteiger partial charge in [0.2, 0.25) is 0 Å². The Morgan fingerprint density at radius 2 is 1.81 bits per heavy atom. The van der Waals surface area contributed by atoms with Gasteiger partial charge in [-0.15, -0.1) is 0 Å². The minimum Gasteiger partial charge on any atom is -0.363 e. The molecule has 4 atom stereocenters. The molecule has 5 rings (SSSR count). The van der Waals surface area contributed by atoms with Crippen LogP contribution in [0.3, 0.4) is 0 Å². The third-order valence-electron chi connectivity index (χ3n) is 6.57. The lowest BCUT2D eigenvalue weighted by Gasteiger charge is -2.43. The van der Waals surface area contributed by atoms with E-state index in [4.69, 9.17) is 4.74 Å². The van der Waals surface area contributed by atoms with Crippen molar-refractivity contribution in [1.29, 1.82) is 0 Å². The third kappa shape index (κ3) is 3.37. The number of carbonyl (C=O) groups excluding carboxylic acids is 2. The highest BCUT2D eigenvalue weighted by Gasteiger charge is 2.57. The van der Waals surface area contributed by atoms with Crippen LogP contribution >= 0.6 is 0 Å². The number of nitro groups is 1. The van der Waals surface area contributed by atoms with Crippen LogP contribution in [-0.4, -0.2) is 40.0 Å². The summed E-state index contributed by atoms with van der Waals surface area (Å²) in [5.41, 5.74) is 1.13. The number of anilines is 1. The zero-order valence-electron chi connectivity index (χ0n) is 16.9. The van der Waals surface area contributed by atoms with E-state index >= 15 is 0 Å². The zero-order valence-corrected chi connectivity index (χ0v) is 16.9. The van der Waals surface area contributed by atoms with E-state index in [2.05, 4.69) is 0 Å². The number of hydrogen-bond acceptors (Lipinski definition) is 5. The number of hydrogen-bond donors (Lipinski definition) is 0. The van der Waals surface area contributed by atoms with Crippen LogP contribution in [0.5, 0.6) is 0 Å². The molecule has 3 amide bonds. The second-order valence-corrected chi connectivity index (χ2v) is 8.38. The largest absolute Gasteiger partial charge is 0.363 e. The van der Waals surface area contributed by atoms with Crippen LogP contribution < -0.4 is 4.90 Å². The summed E-state index contributed by atoms with van der Waals surface area (Å²) >= 11 is 0. The number of imide groups is 1. The second kappa shape index (κ2) is 7.77. The highest BCUT2D eigenvalue weighted by atomic mass is 16.6. The van der Waals surface area contributed by atoms with Crippen molar-refractivity contribution < 1.29 is 19.2 Å². The fourth-order valence-corrected chi connectivity index (χ4v) is 5.21. The van der Waals surface area contributed by atoms with Gasteiger partial charge in [0, 0.05) is 24.6 Å². The predicted octanol–water partition coefficient (Wildman–Crippen LogP) is 3.89. The van der Waals surface area contributed by atoms with Crippen molar-refractivity contribution in [2.75, 3.05) is 4.90 Å². The molecule has 0 N–H and O–H groups in total. The highest BCUT2D eigenvalue weighted by Crippen LogP contribution is 2.44. The van der Waals surface area contributed by atoms with Crippen molar-refractivity contribution in [1.82, 2.24) is 4.90 Å². The zero-order chi connectivity index (χ0) is 21.5. The Morgan fingerprint density at radius 1 is 1.03 bits per heavy atom. The summed E-state index contributed by atoms with van der Waals surface area (Å²) in [7, 11) is 0. The van der Waals surface area contributed by atoms with Crippen molar-refractivity contribution in [2.45, 2.75) is 50.5 Å². The van der Waals surface area contributed by atoms with Crippen LogP contribution in [0.15, 0.2) is 54.6 Å². The maximum Gasteiger partial charge on any atom is 0.332 e. The summed E-state index contributed by atoms with van der Waals surface area (Å²) in [6.45, 7) is 0.185. The molecule has 2 saturated heterocycles. The van der Waals surface area contributed by atoms with Gasteiger partial charge in [0.25, 0.3) is 11.6 Å². The first-order chi connectivity index (χ1) is 15.0. The normalized spacial score (nSPS) is 27.7. The molecule has 31 heavy (non-hydrogen) atoms. The minimum absolute atomic E-state index is 0.0206. The molecule has 3 fully saturated rings. The van der Waals surface area contributed by atoms with Gasteiger partial charge >= 0.3 is 6.03 Å². The number of benzene rings is 2. The average Bonchev–Trinajstić information content (AvgIpc) is 3.18. The van der Waals surface area contributed by atoms with E-state index in [1.807, 2.05) is 6.07 Å². The molecule has 4 unspecified atom stereocenters. The number of nitro benzene ring substituents is 1. The summed E-state index contributed by atoms with van der Waals surface area (Å²) in [5.74, 6) is -0.228. The van der Waals surface area contributed by atoms with E-state index in [0.29, 0.717) is 11.3 Å². The van der Waals surface area contributed by atoms with Crippen molar-refractivity contribution in [2.24, 2.45) is 5.92 Å². The van der Waals surface area contributed by atoms with E-state index < -0.39 is 17.1 Å². The van der Waals surface area contributed by atoms with E-state index in [1.54, 1.807) is 41.3 Å². The van der Waals surface area contributed by atoms with Gasteiger partial charge in [-0.3, -0.25) is 14.9 Å². The number of amides is 3. The molecule has 160 valence electrons. The lowest BCUT2D eigenvalue weighted by atomic mass is 9.80. The molecule has 1 aliphatic carbocycles. The van der Waals surface area contributed by atoms with Gasteiger partial charge in [-0.2, -0.15) is 0 Å². The van der Waals surface area contributed by atoms with E-state index in [-0.39, 0.29) is 36.2 Å². The molecule has 8 heteroatoms. The van der Waals surface area contributed by atoms with Gasteiger partial charge in [0.1, 0.15) is 0 Å². The molecule has 2 aliphatic heterocycles. The Kier molecular flexibility index (Phi) is 4.94. The van der Waals surface area contributed by atoms with Crippen LogP contribution in [0.2, 0.25) is 0 Å².